The van der Waals surface area contributed by atoms with E-state index in [4.69, 9.17) is 4.74 Å². The first-order chi connectivity index (χ1) is 14.1. The maximum absolute atomic E-state index is 13.0. The van der Waals surface area contributed by atoms with Gasteiger partial charge in [0.2, 0.25) is 10.0 Å². The number of rotatable bonds is 10. The van der Waals surface area contributed by atoms with E-state index in [2.05, 4.69) is 4.98 Å². The lowest BCUT2D eigenvalue weighted by Crippen LogP contribution is -2.44. The normalized spacial score (nSPS) is 12.9. The van der Waals surface area contributed by atoms with Crippen molar-refractivity contribution in [2.75, 3.05) is 13.7 Å². The first-order valence-corrected chi connectivity index (χ1v) is 10.9. The summed E-state index contributed by atoms with van der Waals surface area (Å²) in [7, 11) is -2.58. The van der Waals surface area contributed by atoms with Crippen LogP contribution >= 0.6 is 0 Å². The van der Waals surface area contributed by atoms with Gasteiger partial charge in [0.15, 0.2) is 0 Å². The van der Waals surface area contributed by atoms with E-state index in [-0.39, 0.29) is 29.9 Å². The average Bonchev–Trinajstić information content (AvgIpc) is 3.14. The molecule has 11 heteroatoms. The molecule has 1 aromatic heterocycles. The van der Waals surface area contributed by atoms with Gasteiger partial charge in [0.25, 0.3) is 0 Å². The molecule has 1 heterocycles. The number of esters is 1. The first-order valence-electron chi connectivity index (χ1n) is 9.47. The quantitative estimate of drug-likeness (QED) is 0.317. The first kappa shape index (κ1) is 23.5. The number of sulfonamides is 1. The maximum atomic E-state index is 13.0. The monoisotopic (exact) mass is 438 g/mol. The zero-order chi connectivity index (χ0) is 22.5. The van der Waals surface area contributed by atoms with Gasteiger partial charge < -0.3 is 14.9 Å². The van der Waals surface area contributed by atoms with Crippen LogP contribution in [0.4, 0.5) is 5.95 Å². The predicted octanol–water partition coefficient (Wildman–Crippen LogP) is 2.44. The molecule has 0 radical (unpaired) electrons. The molecule has 10 nitrogen and oxygen atoms in total. The Balaban J connectivity index is 2.25. The van der Waals surface area contributed by atoms with Gasteiger partial charge >= 0.3 is 11.9 Å². The molecule has 0 N–H and O–H groups in total. The Bertz CT molecular complexity index is 985. The van der Waals surface area contributed by atoms with Crippen LogP contribution in [0, 0.1) is 16.0 Å². The molecule has 1 aromatic carbocycles. The second-order valence-corrected chi connectivity index (χ2v) is 9.17. The number of carbonyl (C=O) groups is 1. The fraction of sp³-hybridized carbons (Fsp3) is 0.474. The highest BCUT2D eigenvalue weighted by Gasteiger charge is 2.34. The molecule has 0 fully saturated rings. The number of hydrogen-bond acceptors (Lipinski definition) is 7. The minimum absolute atomic E-state index is 0.0203. The van der Waals surface area contributed by atoms with Crippen LogP contribution in [0.15, 0.2) is 41.6 Å². The van der Waals surface area contributed by atoms with Crippen molar-refractivity contribution in [3.63, 3.8) is 0 Å². The Hall–Kier alpha value is -2.79. The summed E-state index contributed by atoms with van der Waals surface area (Å²) in [6.45, 7) is 5.80. The summed E-state index contributed by atoms with van der Waals surface area (Å²) in [6.07, 6.45) is 3.14. The molecule has 0 amide bonds. The van der Waals surface area contributed by atoms with Crippen LogP contribution in [0.5, 0.6) is 0 Å². The van der Waals surface area contributed by atoms with Crippen molar-refractivity contribution in [2.45, 2.75) is 44.7 Å². The summed E-state index contributed by atoms with van der Waals surface area (Å²) in [4.78, 5) is 26.4. The maximum Gasteiger partial charge on any atom is 0.434 e. The Morgan fingerprint density at radius 1 is 1.30 bits per heavy atom. The van der Waals surface area contributed by atoms with E-state index in [1.54, 1.807) is 19.1 Å². The van der Waals surface area contributed by atoms with Crippen molar-refractivity contribution >= 4 is 21.9 Å². The summed E-state index contributed by atoms with van der Waals surface area (Å²) in [5.41, 5.74) is 0.668. The summed E-state index contributed by atoms with van der Waals surface area (Å²) in [5.74, 6) is -0.788. The van der Waals surface area contributed by atoms with Crippen molar-refractivity contribution in [3.8, 4) is 0 Å². The van der Waals surface area contributed by atoms with E-state index >= 15 is 0 Å². The van der Waals surface area contributed by atoms with Crippen LogP contribution in [0.2, 0.25) is 0 Å². The highest BCUT2D eigenvalue weighted by atomic mass is 32.2. The van der Waals surface area contributed by atoms with Crippen LogP contribution in [0.1, 0.15) is 32.8 Å². The van der Waals surface area contributed by atoms with Crippen molar-refractivity contribution < 1.29 is 22.9 Å². The molecule has 2 rings (SSSR count). The predicted molar refractivity (Wildman–Crippen MR) is 109 cm³/mol. The Morgan fingerprint density at radius 3 is 2.47 bits per heavy atom. The number of imidazole rings is 1. The summed E-state index contributed by atoms with van der Waals surface area (Å²) < 4.78 is 33.6. The minimum atomic E-state index is -3.94. The molecule has 2 aromatic rings. The second kappa shape index (κ2) is 9.81. The van der Waals surface area contributed by atoms with E-state index < -0.39 is 27.0 Å². The lowest BCUT2D eigenvalue weighted by molar-refractivity contribution is -0.396. The second-order valence-electron chi connectivity index (χ2n) is 7.17. The number of ether oxygens (including phenoxy) is 1. The average molecular weight is 439 g/mol. The van der Waals surface area contributed by atoms with Crippen molar-refractivity contribution in [3.05, 3.63) is 52.3 Å². The van der Waals surface area contributed by atoms with Crippen LogP contribution in [-0.2, 0) is 26.1 Å². The molecule has 0 spiro atoms. The van der Waals surface area contributed by atoms with E-state index in [1.807, 2.05) is 13.8 Å². The lowest BCUT2D eigenvalue weighted by Gasteiger charge is -2.27. The van der Waals surface area contributed by atoms with Crippen LogP contribution in [0.25, 0.3) is 0 Å². The van der Waals surface area contributed by atoms with Crippen molar-refractivity contribution in [1.29, 1.82) is 0 Å². The van der Waals surface area contributed by atoms with E-state index in [1.165, 1.54) is 36.1 Å². The number of hydrogen-bond donors (Lipinski definition) is 0. The largest absolute Gasteiger partial charge is 0.465 e. The third kappa shape index (κ3) is 5.42. The molecule has 0 unspecified atom stereocenters. The third-order valence-corrected chi connectivity index (χ3v) is 6.38. The van der Waals surface area contributed by atoms with Gasteiger partial charge in [-0.3, -0.25) is 4.79 Å². The van der Waals surface area contributed by atoms with Gasteiger partial charge in [-0.25, -0.2) is 13.0 Å². The molecular weight excluding hydrogens is 412 g/mol. The SMILES string of the molecule is CCOC(=O)[C@H](CC(C)C)N(C)S(=O)(=O)c1ccc(Cn2ccnc2[N+](=O)[O-])cc1. The molecule has 0 bridgehead atoms. The summed E-state index contributed by atoms with van der Waals surface area (Å²) >= 11 is 0. The van der Waals surface area contributed by atoms with Crippen molar-refractivity contribution in [1.82, 2.24) is 13.9 Å². The molecule has 164 valence electrons. The zero-order valence-corrected chi connectivity index (χ0v) is 18.2. The van der Waals surface area contributed by atoms with Gasteiger partial charge in [-0.1, -0.05) is 31.0 Å². The van der Waals surface area contributed by atoms with Gasteiger partial charge in [0.05, 0.1) is 18.0 Å². The van der Waals surface area contributed by atoms with Gasteiger partial charge in [-0.15, -0.1) is 0 Å². The van der Waals surface area contributed by atoms with E-state index in [0.717, 1.165) is 4.31 Å². The third-order valence-electron chi connectivity index (χ3n) is 4.50. The van der Waals surface area contributed by atoms with Gasteiger partial charge in [-0.2, -0.15) is 4.31 Å². The van der Waals surface area contributed by atoms with Crippen molar-refractivity contribution in [2.24, 2.45) is 5.92 Å². The van der Waals surface area contributed by atoms with Gasteiger partial charge in [0, 0.05) is 7.05 Å². The van der Waals surface area contributed by atoms with E-state index in [9.17, 15) is 23.3 Å². The molecule has 0 aliphatic rings. The molecule has 0 saturated carbocycles. The van der Waals surface area contributed by atoms with Crippen LogP contribution < -0.4 is 0 Å². The van der Waals surface area contributed by atoms with E-state index in [0.29, 0.717) is 12.0 Å². The highest BCUT2D eigenvalue weighted by Crippen LogP contribution is 2.22. The fourth-order valence-electron chi connectivity index (χ4n) is 2.97. The number of benzene rings is 1. The summed E-state index contributed by atoms with van der Waals surface area (Å²) in [5, 5.41) is 11.0. The smallest absolute Gasteiger partial charge is 0.434 e. The minimum Gasteiger partial charge on any atom is -0.465 e. The molecular formula is C19H26N4O6S. The summed E-state index contributed by atoms with van der Waals surface area (Å²) in [6, 6.07) is 5.06. The molecule has 1 atom stereocenters. The Kier molecular flexibility index (Phi) is 7.68. The van der Waals surface area contributed by atoms with Gasteiger partial charge in [-0.05, 0) is 41.9 Å². The van der Waals surface area contributed by atoms with Crippen LogP contribution in [-0.4, -0.2) is 52.9 Å². The zero-order valence-electron chi connectivity index (χ0n) is 17.4. The number of nitrogens with zero attached hydrogens (tertiary/aromatic N) is 4. The Labute approximate surface area is 175 Å². The molecule has 0 saturated heterocycles. The molecule has 0 aliphatic heterocycles. The topological polar surface area (TPSA) is 125 Å². The number of aromatic nitrogens is 2. The Morgan fingerprint density at radius 2 is 1.93 bits per heavy atom. The number of carbonyl (C=O) groups excluding carboxylic acids is 1. The van der Waals surface area contributed by atoms with Crippen LogP contribution in [0.3, 0.4) is 0 Å². The fourth-order valence-corrected chi connectivity index (χ4v) is 4.29. The van der Waals surface area contributed by atoms with Gasteiger partial charge in [0.1, 0.15) is 18.4 Å². The molecule has 0 aliphatic carbocycles. The lowest BCUT2D eigenvalue weighted by atomic mass is 10.0. The number of likely N-dealkylation sites (N-methyl/N-ethyl adjacent to an activating group) is 1. The molecule has 30 heavy (non-hydrogen) atoms. The standard InChI is InChI=1S/C19H26N4O6S/c1-5-29-18(24)17(12-14(2)3)21(4)30(27,28)16-8-6-15(7-9-16)13-22-11-10-20-19(22)23(25)26/h6-11,14,17H,5,12-13H2,1-4H3/t17-/m0/s1. The highest BCUT2D eigenvalue weighted by molar-refractivity contribution is 7.89. The number of nitro groups is 1.